The van der Waals surface area contributed by atoms with Crippen LogP contribution in [-0.2, 0) is 28.6 Å². The van der Waals surface area contributed by atoms with Gasteiger partial charge in [0.15, 0.2) is 0 Å². The van der Waals surface area contributed by atoms with Crippen LogP contribution < -0.4 is 5.32 Å². The number of carbonyl (C=O) groups excluding carboxylic acids is 4. The van der Waals surface area contributed by atoms with Crippen LogP contribution in [0, 0.1) is 5.41 Å². The maximum absolute atomic E-state index is 13.6. The molecule has 0 aliphatic heterocycles. The Balaban J connectivity index is 1.93. The van der Waals surface area contributed by atoms with Gasteiger partial charge in [-0.3, -0.25) is 14.4 Å². The molecule has 3 rings (SSSR count). The molecule has 1 amide bonds. The Morgan fingerprint density at radius 2 is 1.55 bits per heavy atom. The minimum Gasteiger partial charge on any atom is -0.461 e. The van der Waals surface area contributed by atoms with Crippen molar-refractivity contribution in [3.8, 4) is 0 Å². The van der Waals surface area contributed by atoms with Gasteiger partial charge < -0.3 is 19.5 Å². The summed E-state index contributed by atoms with van der Waals surface area (Å²) in [4.78, 5) is 50.2. The van der Waals surface area contributed by atoms with Crippen molar-refractivity contribution in [2.45, 2.75) is 65.7 Å². The van der Waals surface area contributed by atoms with Crippen molar-refractivity contribution in [3.63, 3.8) is 0 Å². The van der Waals surface area contributed by atoms with Crippen LogP contribution in [0.5, 0.6) is 0 Å². The molecule has 2 aromatic rings. The molecule has 8 nitrogen and oxygen atoms in total. The van der Waals surface area contributed by atoms with Gasteiger partial charge in [-0.25, -0.2) is 4.79 Å². The topological polar surface area (TPSA) is 108 Å². The van der Waals surface area contributed by atoms with Gasteiger partial charge in [0.05, 0.1) is 0 Å². The van der Waals surface area contributed by atoms with Gasteiger partial charge >= 0.3 is 17.9 Å². The maximum Gasteiger partial charge on any atom is 0.350 e. The van der Waals surface area contributed by atoms with Crippen LogP contribution in [0.25, 0.3) is 0 Å². The number of esters is 3. The fourth-order valence-electron chi connectivity index (χ4n) is 4.66. The number of hydrogen-bond acceptors (Lipinski definition) is 7. The van der Waals surface area contributed by atoms with E-state index in [-0.39, 0.29) is 12.0 Å². The van der Waals surface area contributed by atoms with Crippen LogP contribution in [-0.4, -0.2) is 42.6 Å². The molecule has 0 radical (unpaired) electrons. The minimum absolute atomic E-state index is 0.107. The Labute approximate surface area is 223 Å². The Kier molecular flexibility index (Phi) is 9.45. The second-order valence-corrected chi connectivity index (χ2v) is 10.0. The molecule has 2 aromatic carbocycles. The summed E-state index contributed by atoms with van der Waals surface area (Å²) in [7, 11) is 0. The lowest BCUT2D eigenvalue weighted by atomic mass is 9.72. The fourth-order valence-corrected chi connectivity index (χ4v) is 4.66. The molecule has 8 heteroatoms. The van der Waals surface area contributed by atoms with E-state index in [2.05, 4.69) is 19.2 Å². The number of hydrogen-bond donors (Lipinski definition) is 1. The zero-order valence-corrected chi connectivity index (χ0v) is 22.5. The molecule has 0 fully saturated rings. The monoisotopic (exact) mass is 521 g/mol. The quantitative estimate of drug-likeness (QED) is 0.289. The Bertz CT molecular complexity index is 1190. The summed E-state index contributed by atoms with van der Waals surface area (Å²) < 4.78 is 16.7. The number of nitrogens with one attached hydrogen (secondary N) is 1. The number of amides is 1. The van der Waals surface area contributed by atoms with Crippen LogP contribution in [0.1, 0.15) is 69.4 Å². The van der Waals surface area contributed by atoms with Gasteiger partial charge in [-0.05, 0) is 54.0 Å². The standard InChI is InChI=1S/C30H35NO7/c1-19-24(18-36-20(2)32)30(4,5)17-16-25(19)38-29(35)27(37-21(3)33)26(22-12-8-6-9-13-22)31-28(34)23-14-10-7-11-15-23/h6-15,25-27H,16-18H2,1-5H3,(H,31,34). The first kappa shape index (κ1) is 28.6. The van der Waals surface area contributed by atoms with Crippen molar-refractivity contribution < 1.29 is 33.4 Å². The van der Waals surface area contributed by atoms with E-state index in [9.17, 15) is 19.2 Å². The summed E-state index contributed by atoms with van der Waals surface area (Å²) in [5.74, 6) is -2.29. The van der Waals surface area contributed by atoms with E-state index in [0.29, 0.717) is 24.0 Å². The molecule has 202 valence electrons. The van der Waals surface area contributed by atoms with E-state index < -0.39 is 42.1 Å². The summed E-state index contributed by atoms with van der Waals surface area (Å²) in [5, 5.41) is 2.85. The summed E-state index contributed by atoms with van der Waals surface area (Å²) in [6, 6.07) is 16.4. The fraction of sp³-hybridized carbons (Fsp3) is 0.400. The first-order valence-electron chi connectivity index (χ1n) is 12.6. The zero-order valence-electron chi connectivity index (χ0n) is 22.5. The van der Waals surface area contributed by atoms with E-state index in [1.807, 2.05) is 6.92 Å². The highest BCUT2D eigenvalue weighted by molar-refractivity contribution is 5.95. The third-order valence-corrected chi connectivity index (χ3v) is 6.79. The van der Waals surface area contributed by atoms with Crippen molar-refractivity contribution in [2.75, 3.05) is 6.61 Å². The Morgan fingerprint density at radius 3 is 2.13 bits per heavy atom. The van der Waals surface area contributed by atoms with Gasteiger partial charge in [-0.15, -0.1) is 0 Å². The first-order chi connectivity index (χ1) is 18.0. The average molecular weight is 522 g/mol. The van der Waals surface area contributed by atoms with Crippen molar-refractivity contribution in [1.29, 1.82) is 0 Å². The van der Waals surface area contributed by atoms with Gasteiger partial charge in [0.25, 0.3) is 5.91 Å². The molecule has 0 saturated heterocycles. The molecule has 3 unspecified atom stereocenters. The summed E-state index contributed by atoms with van der Waals surface area (Å²) in [6.45, 7) is 8.62. The lowest BCUT2D eigenvalue weighted by Gasteiger charge is -2.38. The molecular formula is C30H35NO7. The predicted molar refractivity (Wildman–Crippen MR) is 141 cm³/mol. The molecule has 1 N–H and O–H groups in total. The third kappa shape index (κ3) is 7.31. The normalized spacial score (nSPS) is 18.1. The molecule has 38 heavy (non-hydrogen) atoms. The third-order valence-electron chi connectivity index (χ3n) is 6.79. The molecule has 1 aliphatic carbocycles. The van der Waals surface area contributed by atoms with E-state index >= 15 is 0 Å². The van der Waals surface area contributed by atoms with Gasteiger partial charge in [0, 0.05) is 19.4 Å². The zero-order chi connectivity index (χ0) is 27.9. The number of benzene rings is 2. The van der Waals surface area contributed by atoms with Crippen LogP contribution in [0.15, 0.2) is 71.8 Å². The highest BCUT2D eigenvalue weighted by atomic mass is 16.6. The molecule has 1 aliphatic rings. The molecule has 0 spiro atoms. The van der Waals surface area contributed by atoms with Crippen molar-refractivity contribution >= 4 is 23.8 Å². The van der Waals surface area contributed by atoms with Crippen molar-refractivity contribution in [2.24, 2.45) is 5.41 Å². The highest BCUT2D eigenvalue weighted by Crippen LogP contribution is 2.41. The lowest BCUT2D eigenvalue weighted by Crippen LogP contribution is -2.45. The SMILES string of the molecule is CC(=O)OCC1=C(C)C(OC(=O)C(OC(C)=O)C(NC(=O)c2ccccc2)c2ccccc2)CCC1(C)C. The molecule has 0 heterocycles. The second kappa shape index (κ2) is 12.5. The van der Waals surface area contributed by atoms with Crippen molar-refractivity contribution in [1.82, 2.24) is 5.32 Å². The molecule has 0 aromatic heterocycles. The highest BCUT2D eigenvalue weighted by Gasteiger charge is 2.40. The van der Waals surface area contributed by atoms with Gasteiger partial charge in [0.1, 0.15) is 18.8 Å². The van der Waals surface area contributed by atoms with Crippen LogP contribution in [0.3, 0.4) is 0 Å². The number of rotatable bonds is 9. The van der Waals surface area contributed by atoms with E-state index in [1.165, 1.54) is 13.8 Å². The summed E-state index contributed by atoms with van der Waals surface area (Å²) >= 11 is 0. The molecule has 3 atom stereocenters. The van der Waals surface area contributed by atoms with E-state index in [1.54, 1.807) is 60.7 Å². The Morgan fingerprint density at radius 1 is 0.947 bits per heavy atom. The van der Waals surface area contributed by atoms with Gasteiger partial charge in [0.2, 0.25) is 6.10 Å². The van der Waals surface area contributed by atoms with Crippen molar-refractivity contribution in [3.05, 3.63) is 82.9 Å². The number of carbonyl (C=O) groups is 4. The summed E-state index contributed by atoms with van der Waals surface area (Å²) in [5.41, 5.74) is 2.41. The van der Waals surface area contributed by atoms with Crippen LogP contribution in [0.4, 0.5) is 0 Å². The van der Waals surface area contributed by atoms with Gasteiger partial charge in [-0.1, -0.05) is 62.4 Å². The lowest BCUT2D eigenvalue weighted by molar-refractivity contribution is -0.172. The van der Waals surface area contributed by atoms with Crippen LogP contribution in [0.2, 0.25) is 0 Å². The smallest absolute Gasteiger partial charge is 0.350 e. The van der Waals surface area contributed by atoms with Gasteiger partial charge in [-0.2, -0.15) is 0 Å². The average Bonchev–Trinajstić information content (AvgIpc) is 2.88. The Hall–Kier alpha value is -3.94. The second-order valence-electron chi connectivity index (χ2n) is 10.0. The molecule has 0 bridgehead atoms. The predicted octanol–water partition coefficient (Wildman–Crippen LogP) is 4.70. The minimum atomic E-state index is -1.43. The first-order valence-corrected chi connectivity index (χ1v) is 12.6. The summed E-state index contributed by atoms with van der Waals surface area (Å²) in [6.07, 6.45) is -0.778. The van der Waals surface area contributed by atoms with E-state index in [4.69, 9.17) is 14.2 Å². The van der Waals surface area contributed by atoms with E-state index in [0.717, 1.165) is 11.1 Å². The maximum atomic E-state index is 13.6. The number of ether oxygens (including phenoxy) is 3. The molecular weight excluding hydrogens is 486 g/mol. The largest absolute Gasteiger partial charge is 0.461 e. The van der Waals surface area contributed by atoms with Crippen LogP contribution >= 0.6 is 0 Å². The molecule has 0 saturated carbocycles.